The monoisotopic (exact) mass is 464 g/mol. The number of carbonyl (C=O) groups is 1. The zero-order chi connectivity index (χ0) is 23.8. The van der Waals surface area contributed by atoms with Crippen molar-refractivity contribution in [2.24, 2.45) is 0 Å². The molecule has 4 atom stereocenters. The molecule has 0 aliphatic carbocycles. The number of para-hydroxylation sites is 1. The average molecular weight is 465 g/mol. The minimum absolute atomic E-state index is 0.0459. The number of H-pyrrole nitrogens is 1. The SMILES string of the molecule is COC(=O)[C@@H]1Cc2c([nH]c3ccccc23)[C@H]2C[C@H](NCCN(C)C)C[C@@H](c3ccccc3F)N21. The second-order valence-corrected chi connectivity index (χ2v) is 9.73. The van der Waals surface area contributed by atoms with Crippen LogP contribution < -0.4 is 5.32 Å². The third-order valence-electron chi connectivity index (χ3n) is 7.40. The van der Waals surface area contributed by atoms with E-state index in [1.54, 1.807) is 6.07 Å². The number of esters is 1. The summed E-state index contributed by atoms with van der Waals surface area (Å²) >= 11 is 0. The lowest BCUT2D eigenvalue weighted by atomic mass is 9.79. The van der Waals surface area contributed by atoms with Crippen molar-refractivity contribution in [3.8, 4) is 0 Å². The van der Waals surface area contributed by atoms with Crippen molar-refractivity contribution in [2.45, 2.75) is 43.4 Å². The van der Waals surface area contributed by atoms with Gasteiger partial charge in [-0.05, 0) is 44.6 Å². The van der Waals surface area contributed by atoms with Gasteiger partial charge in [-0.1, -0.05) is 36.4 Å². The summed E-state index contributed by atoms with van der Waals surface area (Å²) in [6.07, 6.45) is 2.12. The predicted molar refractivity (Wildman–Crippen MR) is 131 cm³/mol. The summed E-state index contributed by atoms with van der Waals surface area (Å²) in [5, 5.41) is 4.86. The Labute approximate surface area is 200 Å². The van der Waals surface area contributed by atoms with Crippen LogP contribution in [0, 0.1) is 5.82 Å². The highest BCUT2D eigenvalue weighted by Crippen LogP contribution is 2.49. The predicted octanol–water partition coefficient (Wildman–Crippen LogP) is 3.80. The Morgan fingerprint density at radius 1 is 1.15 bits per heavy atom. The molecule has 2 N–H and O–H groups in total. The maximum absolute atomic E-state index is 15.1. The van der Waals surface area contributed by atoms with Crippen molar-refractivity contribution in [3.63, 3.8) is 0 Å². The first-order valence-electron chi connectivity index (χ1n) is 12.0. The Hall–Kier alpha value is -2.74. The molecule has 0 amide bonds. The second kappa shape index (κ2) is 9.49. The van der Waals surface area contributed by atoms with E-state index in [1.807, 2.05) is 24.3 Å². The first-order valence-corrected chi connectivity index (χ1v) is 12.0. The van der Waals surface area contributed by atoms with Crippen LogP contribution in [0.15, 0.2) is 48.5 Å². The number of rotatable bonds is 6. The number of aromatic amines is 1. The number of benzene rings is 2. The maximum Gasteiger partial charge on any atom is 0.323 e. The fourth-order valence-electron chi connectivity index (χ4n) is 5.85. The fourth-order valence-corrected chi connectivity index (χ4v) is 5.85. The summed E-state index contributed by atoms with van der Waals surface area (Å²) in [5.74, 6) is -0.493. The van der Waals surface area contributed by atoms with Crippen molar-refractivity contribution >= 4 is 16.9 Å². The number of carbonyl (C=O) groups excluding carboxylic acids is 1. The van der Waals surface area contributed by atoms with Gasteiger partial charge in [0.25, 0.3) is 0 Å². The molecule has 0 unspecified atom stereocenters. The third kappa shape index (κ3) is 4.13. The van der Waals surface area contributed by atoms with E-state index in [1.165, 1.54) is 18.7 Å². The number of nitrogens with zero attached hydrogens (tertiary/aromatic N) is 2. The van der Waals surface area contributed by atoms with Crippen molar-refractivity contribution in [3.05, 3.63) is 71.2 Å². The number of halogens is 1. The van der Waals surface area contributed by atoms with Crippen molar-refractivity contribution in [1.29, 1.82) is 0 Å². The molecule has 2 aliphatic heterocycles. The van der Waals surface area contributed by atoms with E-state index in [9.17, 15) is 4.79 Å². The Morgan fingerprint density at radius 2 is 1.88 bits per heavy atom. The number of piperidine rings is 1. The molecule has 1 aromatic heterocycles. The number of ether oxygens (including phenoxy) is 1. The summed E-state index contributed by atoms with van der Waals surface area (Å²) in [4.78, 5) is 21.1. The van der Waals surface area contributed by atoms with Crippen molar-refractivity contribution in [1.82, 2.24) is 20.1 Å². The minimum Gasteiger partial charge on any atom is -0.468 e. The highest BCUT2D eigenvalue weighted by Gasteiger charge is 2.48. The van der Waals surface area contributed by atoms with Crippen LogP contribution in [-0.2, 0) is 16.0 Å². The van der Waals surface area contributed by atoms with Crippen molar-refractivity contribution in [2.75, 3.05) is 34.3 Å². The number of fused-ring (bicyclic) bond motifs is 5. The zero-order valence-corrected chi connectivity index (χ0v) is 20.1. The van der Waals surface area contributed by atoms with Gasteiger partial charge in [0.05, 0.1) is 13.2 Å². The Balaban J connectivity index is 1.61. The summed E-state index contributed by atoms with van der Waals surface area (Å²) in [5.41, 5.74) is 4.03. The van der Waals surface area contributed by atoms with Gasteiger partial charge >= 0.3 is 5.97 Å². The summed E-state index contributed by atoms with van der Waals surface area (Å²) in [7, 11) is 5.56. The van der Waals surface area contributed by atoms with E-state index in [4.69, 9.17) is 4.74 Å². The molecular weight excluding hydrogens is 431 g/mol. The van der Waals surface area contributed by atoms with Crippen LogP contribution in [0.4, 0.5) is 4.39 Å². The molecule has 1 fully saturated rings. The summed E-state index contributed by atoms with van der Waals surface area (Å²) < 4.78 is 20.4. The lowest BCUT2D eigenvalue weighted by Gasteiger charge is -2.50. The molecule has 3 aromatic rings. The van der Waals surface area contributed by atoms with E-state index in [-0.39, 0.29) is 29.9 Å². The molecule has 0 radical (unpaired) electrons. The molecule has 0 saturated carbocycles. The van der Waals surface area contributed by atoms with Crippen LogP contribution in [0.25, 0.3) is 10.9 Å². The minimum atomic E-state index is -0.464. The lowest BCUT2D eigenvalue weighted by Crippen LogP contribution is -2.56. The maximum atomic E-state index is 15.1. The van der Waals surface area contributed by atoms with Crippen LogP contribution in [0.1, 0.15) is 41.7 Å². The third-order valence-corrected chi connectivity index (χ3v) is 7.40. The molecule has 3 heterocycles. The van der Waals surface area contributed by atoms with Crippen LogP contribution in [0.3, 0.4) is 0 Å². The van der Waals surface area contributed by atoms with E-state index in [0.717, 1.165) is 42.5 Å². The van der Waals surface area contributed by atoms with Crippen LogP contribution >= 0.6 is 0 Å². The molecule has 7 heteroatoms. The van der Waals surface area contributed by atoms with Gasteiger partial charge in [0, 0.05) is 53.8 Å². The van der Waals surface area contributed by atoms with Gasteiger partial charge in [-0.25, -0.2) is 4.39 Å². The molecule has 0 bridgehead atoms. The lowest BCUT2D eigenvalue weighted by molar-refractivity contribution is -0.152. The molecule has 180 valence electrons. The van der Waals surface area contributed by atoms with E-state index >= 15 is 4.39 Å². The number of aromatic nitrogens is 1. The number of methoxy groups -OCH3 is 1. The summed E-state index contributed by atoms with van der Waals surface area (Å²) in [6.45, 7) is 1.78. The van der Waals surface area contributed by atoms with Gasteiger partial charge in [-0.2, -0.15) is 0 Å². The highest BCUT2D eigenvalue weighted by atomic mass is 19.1. The first kappa shape index (κ1) is 23.0. The Kier molecular flexibility index (Phi) is 6.42. The average Bonchev–Trinajstić information content (AvgIpc) is 3.21. The summed E-state index contributed by atoms with van der Waals surface area (Å²) in [6, 6.07) is 14.7. The molecule has 34 heavy (non-hydrogen) atoms. The number of hydrogen-bond donors (Lipinski definition) is 2. The largest absolute Gasteiger partial charge is 0.468 e. The molecule has 2 aliphatic rings. The zero-order valence-electron chi connectivity index (χ0n) is 20.1. The van der Waals surface area contributed by atoms with Gasteiger partial charge in [0.2, 0.25) is 0 Å². The standard InChI is InChI=1S/C27H33FN4O2/c1-31(2)13-12-29-17-14-23(19-9-4-6-10-21(19)28)32-24(15-17)26-20(16-25(32)27(33)34-3)18-8-5-7-11-22(18)30-26/h4-11,17,23-25,29-30H,12-16H2,1-3H3/t17-,23+,24-,25+/m1/s1. The van der Waals surface area contributed by atoms with Crippen LogP contribution in [0.2, 0.25) is 0 Å². The van der Waals surface area contributed by atoms with Gasteiger partial charge in [-0.15, -0.1) is 0 Å². The molecule has 0 spiro atoms. The molecule has 5 rings (SSSR count). The van der Waals surface area contributed by atoms with Gasteiger partial charge in [0.1, 0.15) is 11.9 Å². The Bertz CT molecular complexity index is 1180. The highest BCUT2D eigenvalue weighted by molar-refractivity contribution is 5.87. The molecule has 6 nitrogen and oxygen atoms in total. The second-order valence-electron chi connectivity index (χ2n) is 9.73. The molecule has 1 saturated heterocycles. The van der Waals surface area contributed by atoms with E-state index < -0.39 is 6.04 Å². The number of likely N-dealkylation sites (N-methyl/N-ethyl adjacent to an activating group) is 1. The quantitative estimate of drug-likeness (QED) is 0.544. The molecular formula is C27H33FN4O2. The van der Waals surface area contributed by atoms with Crippen molar-refractivity contribution < 1.29 is 13.9 Å². The first-order chi connectivity index (χ1) is 16.5. The smallest absolute Gasteiger partial charge is 0.323 e. The topological polar surface area (TPSA) is 60.6 Å². The fraction of sp³-hybridized carbons (Fsp3) is 0.444. The van der Waals surface area contributed by atoms with E-state index in [2.05, 4.69) is 46.3 Å². The van der Waals surface area contributed by atoms with E-state index in [0.29, 0.717) is 12.0 Å². The number of nitrogens with one attached hydrogen (secondary N) is 2. The Morgan fingerprint density at radius 3 is 2.65 bits per heavy atom. The normalized spacial score (nSPS) is 24.7. The van der Waals surface area contributed by atoms with Gasteiger partial charge in [0.15, 0.2) is 0 Å². The van der Waals surface area contributed by atoms with Gasteiger partial charge in [-0.3, -0.25) is 9.69 Å². The number of hydrogen-bond acceptors (Lipinski definition) is 5. The van der Waals surface area contributed by atoms with Crippen LogP contribution in [-0.4, -0.2) is 67.1 Å². The molecule has 2 aromatic carbocycles. The van der Waals surface area contributed by atoms with Gasteiger partial charge < -0.3 is 19.9 Å². The van der Waals surface area contributed by atoms with Crippen LogP contribution in [0.5, 0.6) is 0 Å².